The number of aryl methyl sites for hydroxylation is 1. The molecule has 2 aromatic carbocycles. The summed E-state index contributed by atoms with van der Waals surface area (Å²) in [6.07, 6.45) is 6.06. The monoisotopic (exact) mass is 325 g/mol. The van der Waals surface area contributed by atoms with Crippen LogP contribution in [0.3, 0.4) is 0 Å². The summed E-state index contributed by atoms with van der Waals surface area (Å²) in [5.41, 5.74) is 6.31. The normalized spacial score (nSPS) is 21.4. The molecule has 2 heterocycles. The maximum absolute atomic E-state index is 5.10. The molecule has 3 aromatic rings. The van der Waals surface area contributed by atoms with E-state index in [0.717, 1.165) is 18.5 Å². The summed E-state index contributed by atoms with van der Waals surface area (Å²) in [7, 11) is 0. The topological polar surface area (TPSA) is 28.5 Å². The van der Waals surface area contributed by atoms with Crippen molar-refractivity contribution in [2.75, 3.05) is 5.01 Å². The smallest absolute Gasteiger partial charge is 0.0874 e. The molecule has 1 aromatic heterocycles. The summed E-state index contributed by atoms with van der Waals surface area (Å²) in [6.45, 7) is 0. The minimum atomic E-state index is 0.208. The van der Waals surface area contributed by atoms with E-state index in [0.29, 0.717) is 5.92 Å². The Kier molecular flexibility index (Phi) is 3.37. The van der Waals surface area contributed by atoms with Gasteiger partial charge in [-0.1, -0.05) is 48.5 Å². The summed E-state index contributed by atoms with van der Waals surface area (Å²) >= 11 is 0. The number of para-hydroxylation sites is 1. The van der Waals surface area contributed by atoms with Crippen LogP contribution < -0.4 is 5.01 Å². The van der Waals surface area contributed by atoms with E-state index in [-0.39, 0.29) is 6.04 Å². The van der Waals surface area contributed by atoms with Gasteiger partial charge in [0.1, 0.15) is 0 Å². The molecule has 122 valence electrons. The van der Waals surface area contributed by atoms with Crippen LogP contribution in [0.1, 0.15) is 29.2 Å². The average Bonchev–Trinajstić information content (AvgIpc) is 3.09. The Morgan fingerprint density at radius 2 is 1.72 bits per heavy atom. The number of aromatic nitrogens is 1. The maximum Gasteiger partial charge on any atom is 0.0874 e. The van der Waals surface area contributed by atoms with Gasteiger partial charge in [-0.05, 0) is 42.2 Å². The molecular formula is C22H19N3. The highest BCUT2D eigenvalue weighted by Gasteiger charge is 2.41. The number of hydrogen-bond acceptors (Lipinski definition) is 3. The molecule has 3 heteroatoms. The first-order valence-electron chi connectivity index (χ1n) is 8.83. The molecule has 0 unspecified atom stereocenters. The molecule has 0 amide bonds. The molecule has 0 fully saturated rings. The van der Waals surface area contributed by atoms with Crippen molar-refractivity contribution < 1.29 is 0 Å². The van der Waals surface area contributed by atoms with E-state index in [9.17, 15) is 0 Å². The summed E-state index contributed by atoms with van der Waals surface area (Å²) < 4.78 is 0. The molecular weight excluding hydrogens is 306 g/mol. The van der Waals surface area contributed by atoms with E-state index in [1.165, 1.54) is 22.4 Å². The predicted octanol–water partition coefficient (Wildman–Crippen LogP) is 4.61. The quantitative estimate of drug-likeness (QED) is 0.688. The van der Waals surface area contributed by atoms with Crippen LogP contribution in [0.15, 0.2) is 84.2 Å². The van der Waals surface area contributed by atoms with Gasteiger partial charge in [-0.25, -0.2) is 0 Å². The minimum absolute atomic E-state index is 0.208. The molecule has 0 radical (unpaired) electrons. The first kappa shape index (κ1) is 14.4. The SMILES string of the molecule is c1ccc(N2N=C3c4ccccc4CC[C@H]3[C@@H]2c2cccnc2)cc1. The first-order valence-corrected chi connectivity index (χ1v) is 8.83. The molecule has 1 aliphatic carbocycles. The van der Waals surface area contributed by atoms with Crippen LogP contribution in [0.4, 0.5) is 5.69 Å². The molecule has 0 saturated carbocycles. The summed E-state index contributed by atoms with van der Waals surface area (Å²) in [5, 5.41) is 7.30. The number of rotatable bonds is 2. The van der Waals surface area contributed by atoms with E-state index in [1.807, 2.05) is 24.5 Å². The van der Waals surface area contributed by atoms with Gasteiger partial charge in [-0.15, -0.1) is 0 Å². The lowest BCUT2D eigenvalue weighted by molar-refractivity contribution is 0.509. The van der Waals surface area contributed by atoms with Crippen LogP contribution in [-0.4, -0.2) is 10.7 Å². The predicted molar refractivity (Wildman–Crippen MR) is 101 cm³/mol. The molecule has 3 nitrogen and oxygen atoms in total. The molecule has 0 N–H and O–H groups in total. The fraction of sp³-hybridized carbons (Fsp3) is 0.182. The minimum Gasteiger partial charge on any atom is -0.264 e. The third-order valence-electron chi connectivity index (χ3n) is 5.28. The van der Waals surface area contributed by atoms with E-state index < -0.39 is 0 Å². The van der Waals surface area contributed by atoms with Gasteiger partial charge in [0, 0.05) is 23.9 Å². The Balaban J connectivity index is 1.66. The van der Waals surface area contributed by atoms with E-state index in [2.05, 4.69) is 64.6 Å². The first-order chi connectivity index (χ1) is 12.4. The zero-order chi connectivity index (χ0) is 16.6. The van der Waals surface area contributed by atoms with Gasteiger partial charge in [-0.2, -0.15) is 5.10 Å². The molecule has 2 atom stereocenters. The highest BCUT2D eigenvalue weighted by molar-refractivity contribution is 6.07. The van der Waals surface area contributed by atoms with Crippen molar-refractivity contribution in [3.05, 3.63) is 95.8 Å². The standard InChI is InChI=1S/C22H19N3/c1-2-9-18(10-3-1)25-22(17-8-6-14-23-15-17)20-13-12-16-7-4-5-11-19(16)21(20)24-25/h1-11,14-15,20,22H,12-13H2/t20-,22+/m1/s1. The number of hydrogen-bond donors (Lipinski definition) is 0. The van der Waals surface area contributed by atoms with Crippen molar-refractivity contribution in [1.29, 1.82) is 0 Å². The van der Waals surface area contributed by atoms with E-state index >= 15 is 0 Å². The third-order valence-corrected chi connectivity index (χ3v) is 5.28. The highest BCUT2D eigenvalue weighted by atomic mass is 15.5. The van der Waals surface area contributed by atoms with Crippen LogP contribution in [0.25, 0.3) is 0 Å². The Morgan fingerprint density at radius 3 is 2.56 bits per heavy atom. The summed E-state index contributed by atoms with van der Waals surface area (Å²) in [5.74, 6) is 0.402. The van der Waals surface area contributed by atoms with Gasteiger partial charge in [0.15, 0.2) is 0 Å². The lowest BCUT2D eigenvalue weighted by Gasteiger charge is -2.30. The number of nitrogens with zero attached hydrogens (tertiary/aromatic N) is 3. The fourth-order valence-corrected chi connectivity index (χ4v) is 4.14. The largest absolute Gasteiger partial charge is 0.264 e. The van der Waals surface area contributed by atoms with Crippen LogP contribution in [0.2, 0.25) is 0 Å². The van der Waals surface area contributed by atoms with Gasteiger partial charge in [-0.3, -0.25) is 9.99 Å². The molecule has 5 rings (SSSR count). The summed E-state index contributed by atoms with van der Waals surface area (Å²) in [4.78, 5) is 4.36. The second-order valence-corrected chi connectivity index (χ2v) is 6.70. The van der Waals surface area contributed by atoms with E-state index in [1.54, 1.807) is 0 Å². The third kappa shape index (κ3) is 2.35. The number of pyridine rings is 1. The van der Waals surface area contributed by atoms with Crippen molar-refractivity contribution >= 4 is 11.4 Å². The Bertz CT molecular complexity index is 918. The van der Waals surface area contributed by atoms with E-state index in [4.69, 9.17) is 5.10 Å². The second-order valence-electron chi connectivity index (χ2n) is 6.70. The second kappa shape index (κ2) is 5.85. The number of fused-ring (bicyclic) bond motifs is 3. The van der Waals surface area contributed by atoms with Gasteiger partial charge < -0.3 is 0 Å². The number of anilines is 1. The van der Waals surface area contributed by atoms with Gasteiger partial charge in [0.2, 0.25) is 0 Å². The van der Waals surface area contributed by atoms with Crippen LogP contribution in [-0.2, 0) is 6.42 Å². The van der Waals surface area contributed by atoms with Crippen LogP contribution in [0, 0.1) is 5.92 Å². The molecule has 1 aliphatic heterocycles. The summed E-state index contributed by atoms with van der Waals surface area (Å²) in [6, 6.07) is 23.6. The number of hydrazone groups is 1. The highest BCUT2D eigenvalue weighted by Crippen LogP contribution is 2.44. The molecule has 2 aliphatic rings. The fourth-order valence-electron chi connectivity index (χ4n) is 4.14. The molecule has 0 saturated heterocycles. The van der Waals surface area contributed by atoms with Crippen LogP contribution in [0.5, 0.6) is 0 Å². The van der Waals surface area contributed by atoms with Crippen molar-refractivity contribution in [3.63, 3.8) is 0 Å². The Hall–Kier alpha value is -2.94. The van der Waals surface area contributed by atoms with Gasteiger partial charge >= 0.3 is 0 Å². The van der Waals surface area contributed by atoms with Crippen molar-refractivity contribution in [1.82, 2.24) is 4.98 Å². The molecule has 0 spiro atoms. The van der Waals surface area contributed by atoms with Crippen molar-refractivity contribution in [3.8, 4) is 0 Å². The Labute approximate surface area is 147 Å². The van der Waals surface area contributed by atoms with Crippen molar-refractivity contribution in [2.24, 2.45) is 11.0 Å². The van der Waals surface area contributed by atoms with Crippen molar-refractivity contribution in [2.45, 2.75) is 18.9 Å². The average molecular weight is 325 g/mol. The molecule has 0 bridgehead atoms. The van der Waals surface area contributed by atoms with Crippen LogP contribution >= 0.6 is 0 Å². The van der Waals surface area contributed by atoms with Gasteiger partial charge in [0.05, 0.1) is 17.4 Å². The number of benzene rings is 2. The lowest BCUT2D eigenvalue weighted by atomic mass is 9.77. The zero-order valence-electron chi connectivity index (χ0n) is 13.9. The Morgan fingerprint density at radius 1 is 0.880 bits per heavy atom. The zero-order valence-corrected chi connectivity index (χ0v) is 13.9. The molecule has 25 heavy (non-hydrogen) atoms. The lowest BCUT2D eigenvalue weighted by Crippen LogP contribution is -2.28. The van der Waals surface area contributed by atoms with Gasteiger partial charge in [0.25, 0.3) is 0 Å². The maximum atomic E-state index is 5.10.